The summed E-state index contributed by atoms with van der Waals surface area (Å²) in [6.07, 6.45) is 3.26. The van der Waals surface area contributed by atoms with Gasteiger partial charge in [0, 0.05) is 30.0 Å². The fourth-order valence-corrected chi connectivity index (χ4v) is 1.77. The quantitative estimate of drug-likeness (QED) is 0.902. The van der Waals surface area contributed by atoms with E-state index in [1.54, 1.807) is 30.6 Å². The summed E-state index contributed by atoms with van der Waals surface area (Å²) < 4.78 is 6.52. The maximum atomic E-state index is 11.4. The number of ether oxygens (including phenoxy) is 1. The standard InChI is InChI=1S/C13H13BrN4O2/c1-8-10(4-3-5-16-8)20-11-6-9(14)7-17-12(11)18-13(19)15-2/h3-7H,1-2H3,(H2,15,17,18,19). The van der Waals surface area contributed by atoms with Crippen LogP contribution in [0.4, 0.5) is 10.6 Å². The first-order chi connectivity index (χ1) is 9.60. The summed E-state index contributed by atoms with van der Waals surface area (Å²) in [5.41, 5.74) is 0.748. The minimum absolute atomic E-state index is 0.329. The topological polar surface area (TPSA) is 76.1 Å². The van der Waals surface area contributed by atoms with Gasteiger partial charge in [0.25, 0.3) is 0 Å². The van der Waals surface area contributed by atoms with Crippen LogP contribution in [-0.2, 0) is 0 Å². The van der Waals surface area contributed by atoms with Crippen molar-refractivity contribution in [1.29, 1.82) is 0 Å². The summed E-state index contributed by atoms with van der Waals surface area (Å²) in [4.78, 5) is 19.7. The minimum Gasteiger partial charge on any atom is -0.452 e. The number of nitrogens with one attached hydrogen (secondary N) is 2. The number of nitrogens with zero attached hydrogens (tertiary/aromatic N) is 2. The lowest BCUT2D eigenvalue weighted by atomic mass is 10.3. The summed E-state index contributed by atoms with van der Waals surface area (Å²) >= 11 is 3.33. The van der Waals surface area contributed by atoms with Gasteiger partial charge >= 0.3 is 6.03 Å². The largest absolute Gasteiger partial charge is 0.452 e. The first-order valence-corrected chi connectivity index (χ1v) is 6.63. The molecule has 2 aromatic rings. The molecule has 0 aliphatic heterocycles. The molecule has 0 fully saturated rings. The zero-order valence-electron chi connectivity index (χ0n) is 11.0. The van der Waals surface area contributed by atoms with Crippen molar-refractivity contribution >= 4 is 27.8 Å². The van der Waals surface area contributed by atoms with Crippen molar-refractivity contribution < 1.29 is 9.53 Å². The lowest BCUT2D eigenvalue weighted by molar-refractivity contribution is 0.253. The van der Waals surface area contributed by atoms with Crippen molar-refractivity contribution in [2.24, 2.45) is 0 Å². The molecule has 104 valence electrons. The smallest absolute Gasteiger partial charge is 0.320 e. The lowest BCUT2D eigenvalue weighted by Gasteiger charge is -2.12. The lowest BCUT2D eigenvalue weighted by Crippen LogP contribution is -2.25. The van der Waals surface area contributed by atoms with Gasteiger partial charge < -0.3 is 10.1 Å². The van der Waals surface area contributed by atoms with Crippen LogP contribution in [0.15, 0.2) is 35.1 Å². The third kappa shape index (κ3) is 3.45. The zero-order valence-corrected chi connectivity index (χ0v) is 12.6. The van der Waals surface area contributed by atoms with Crippen LogP contribution in [-0.4, -0.2) is 23.0 Å². The highest BCUT2D eigenvalue weighted by Crippen LogP contribution is 2.31. The number of hydrogen-bond acceptors (Lipinski definition) is 4. The van der Waals surface area contributed by atoms with E-state index in [0.717, 1.165) is 10.2 Å². The molecule has 0 saturated carbocycles. The zero-order chi connectivity index (χ0) is 14.5. The number of rotatable bonds is 3. The van der Waals surface area contributed by atoms with E-state index in [1.165, 1.54) is 7.05 Å². The minimum atomic E-state index is -0.368. The van der Waals surface area contributed by atoms with Gasteiger partial charge in [-0.3, -0.25) is 10.3 Å². The Labute approximate surface area is 124 Å². The Bertz CT molecular complexity index is 634. The SMILES string of the molecule is CNC(=O)Nc1ncc(Br)cc1Oc1cccnc1C. The van der Waals surface area contributed by atoms with Crippen molar-refractivity contribution in [2.75, 3.05) is 12.4 Å². The highest BCUT2D eigenvalue weighted by molar-refractivity contribution is 9.10. The van der Waals surface area contributed by atoms with Crippen LogP contribution in [0.5, 0.6) is 11.5 Å². The normalized spacial score (nSPS) is 9.95. The molecule has 6 nitrogen and oxygen atoms in total. The Morgan fingerprint density at radius 3 is 2.85 bits per heavy atom. The van der Waals surface area contributed by atoms with Crippen LogP contribution in [0.2, 0.25) is 0 Å². The van der Waals surface area contributed by atoms with Crippen LogP contribution < -0.4 is 15.4 Å². The Hall–Kier alpha value is -2.15. The molecule has 0 aliphatic carbocycles. The molecule has 0 aliphatic rings. The third-order valence-electron chi connectivity index (χ3n) is 2.46. The summed E-state index contributed by atoms with van der Waals surface area (Å²) in [6.45, 7) is 1.84. The van der Waals surface area contributed by atoms with Gasteiger partial charge in [0.15, 0.2) is 11.6 Å². The van der Waals surface area contributed by atoms with Crippen LogP contribution in [0.3, 0.4) is 0 Å². The number of carbonyl (C=O) groups excluding carboxylic acids is 1. The molecule has 2 heterocycles. The van der Waals surface area contributed by atoms with E-state index in [0.29, 0.717) is 17.3 Å². The summed E-state index contributed by atoms with van der Waals surface area (Å²) in [5, 5.41) is 5.06. The number of carbonyl (C=O) groups is 1. The van der Waals surface area contributed by atoms with Gasteiger partial charge in [-0.25, -0.2) is 9.78 Å². The molecule has 0 bridgehead atoms. The predicted molar refractivity (Wildman–Crippen MR) is 79.1 cm³/mol. The van der Waals surface area contributed by atoms with Crippen LogP contribution in [0.25, 0.3) is 0 Å². The number of urea groups is 1. The molecule has 2 amide bonds. The summed E-state index contributed by atoms with van der Waals surface area (Å²) in [7, 11) is 1.53. The first-order valence-electron chi connectivity index (χ1n) is 5.84. The van der Waals surface area contributed by atoms with Crippen molar-refractivity contribution in [3.8, 4) is 11.5 Å². The molecule has 0 saturated heterocycles. The number of anilines is 1. The predicted octanol–water partition coefficient (Wildman–Crippen LogP) is 3.09. The van der Waals surface area contributed by atoms with Gasteiger partial charge in [0.1, 0.15) is 5.75 Å². The molecule has 2 aromatic heterocycles. The molecule has 0 radical (unpaired) electrons. The Morgan fingerprint density at radius 1 is 1.35 bits per heavy atom. The van der Waals surface area contributed by atoms with Gasteiger partial charge in [-0.15, -0.1) is 0 Å². The maximum absolute atomic E-state index is 11.4. The highest BCUT2D eigenvalue weighted by Gasteiger charge is 2.11. The van der Waals surface area contributed by atoms with Gasteiger partial charge in [-0.05, 0) is 35.0 Å². The van der Waals surface area contributed by atoms with E-state index in [1.807, 2.05) is 6.92 Å². The van der Waals surface area contributed by atoms with Crippen molar-refractivity contribution in [3.05, 3.63) is 40.8 Å². The fraction of sp³-hybridized carbons (Fsp3) is 0.154. The number of aromatic nitrogens is 2. The van der Waals surface area contributed by atoms with E-state index in [2.05, 4.69) is 36.5 Å². The van der Waals surface area contributed by atoms with E-state index < -0.39 is 0 Å². The average Bonchev–Trinajstić information content (AvgIpc) is 2.44. The molecule has 0 aromatic carbocycles. The second-order valence-corrected chi connectivity index (χ2v) is 4.81. The van der Waals surface area contributed by atoms with Crippen LogP contribution in [0, 0.1) is 6.92 Å². The second-order valence-electron chi connectivity index (χ2n) is 3.89. The Morgan fingerprint density at radius 2 is 2.15 bits per heavy atom. The summed E-state index contributed by atoms with van der Waals surface area (Å²) in [6, 6.07) is 4.93. The van der Waals surface area contributed by atoms with Crippen LogP contribution in [0.1, 0.15) is 5.69 Å². The summed E-state index contributed by atoms with van der Waals surface area (Å²) in [5.74, 6) is 1.36. The van der Waals surface area contributed by atoms with E-state index in [-0.39, 0.29) is 6.03 Å². The third-order valence-corrected chi connectivity index (χ3v) is 2.89. The van der Waals surface area contributed by atoms with Crippen molar-refractivity contribution in [3.63, 3.8) is 0 Å². The number of hydrogen-bond donors (Lipinski definition) is 2. The monoisotopic (exact) mass is 336 g/mol. The number of amides is 2. The highest BCUT2D eigenvalue weighted by atomic mass is 79.9. The van der Waals surface area contributed by atoms with Gasteiger partial charge in [0.2, 0.25) is 0 Å². The first kappa shape index (κ1) is 14.3. The molecule has 2 rings (SSSR count). The average molecular weight is 337 g/mol. The van der Waals surface area contributed by atoms with E-state index in [9.17, 15) is 4.79 Å². The Balaban J connectivity index is 2.32. The molecular weight excluding hydrogens is 324 g/mol. The number of aryl methyl sites for hydroxylation is 1. The fourth-order valence-electron chi connectivity index (χ4n) is 1.46. The van der Waals surface area contributed by atoms with E-state index >= 15 is 0 Å². The van der Waals surface area contributed by atoms with Gasteiger partial charge in [-0.2, -0.15) is 0 Å². The molecule has 0 unspecified atom stereocenters. The van der Waals surface area contributed by atoms with E-state index in [4.69, 9.17) is 4.74 Å². The van der Waals surface area contributed by atoms with Crippen molar-refractivity contribution in [2.45, 2.75) is 6.92 Å². The van der Waals surface area contributed by atoms with Gasteiger partial charge in [0.05, 0.1) is 5.69 Å². The van der Waals surface area contributed by atoms with Crippen LogP contribution >= 0.6 is 15.9 Å². The number of pyridine rings is 2. The Kier molecular flexibility index (Phi) is 4.52. The second kappa shape index (κ2) is 6.33. The number of halogens is 1. The molecule has 20 heavy (non-hydrogen) atoms. The molecule has 2 N–H and O–H groups in total. The van der Waals surface area contributed by atoms with Gasteiger partial charge in [-0.1, -0.05) is 0 Å². The molecular formula is C13H13BrN4O2. The van der Waals surface area contributed by atoms with Crippen molar-refractivity contribution in [1.82, 2.24) is 15.3 Å². The molecule has 7 heteroatoms. The maximum Gasteiger partial charge on any atom is 0.320 e. The molecule has 0 spiro atoms. The molecule has 0 atom stereocenters.